The topological polar surface area (TPSA) is 40.9 Å². The monoisotopic (exact) mass is 647 g/mol. The molecule has 0 unspecified atom stereocenters. The molecule has 0 saturated heterocycles. The van der Waals surface area contributed by atoms with Crippen molar-refractivity contribution in [1.82, 2.24) is 0 Å². The van der Waals surface area contributed by atoms with Gasteiger partial charge in [0.15, 0.2) is 0 Å². The summed E-state index contributed by atoms with van der Waals surface area (Å²) in [6.07, 6.45) is 2.30. The first-order valence-corrected chi connectivity index (χ1v) is 10.9. The summed E-state index contributed by atoms with van der Waals surface area (Å²) in [7, 11) is 0.777. The molecule has 0 aromatic heterocycles. The zero-order chi connectivity index (χ0) is 20.7. The smallest absolute Gasteiger partial charge is 1.00 e. The molecule has 0 heterocycles. The average molecular weight is 647 g/mol. The number of nitrogens with one attached hydrogen (secondary N) is 1. The van der Waals surface area contributed by atoms with E-state index in [2.05, 4.69) is 103 Å². The van der Waals surface area contributed by atoms with Crippen LogP contribution in [0.15, 0.2) is 103 Å². The molecular formula is C26H27Cl2HfNOSi. The number of carbonyl (C=O) groups is 1. The molecule has 0 atom stereocenters. The Morgan fingerprint density at radius 2 is 1.31 bits per heavy atom. The van der Waals surface area contributed by atoms with Gasteiger partial charge in [-0.1, -0.05) is 90.4 Å². The molecule has 0 bridgehead atoms. The molecule has 0 aliphatic carbocycles. The van der Waals surface area contributed by atoms with E-state index in [-0.39, 0.29) is 50.7 Å². The van der Waals surface area contributed by atoms with Crippen LogP contribution in [0.1, 0.15) is 26.2 Å². The third kappa shape index (κ3) is 13.7. The summed E-state index contributed by atoms with van der Waals surface area (Å²) in [6, 6.07) is 35.8. The van der Waals surface area contributed by atoms with Crippen LogP contribution in [0.4, 0.5) is 0 Å². The van der Waals surface area contributed by atoms with E-state index in [1.807, 2.05) is 6.92 Å². The van der Waals surface area contributed by atoms with Gasteiger partial charge in [-0.2, -0.15) is 17.5 Å². The Hall–Kier alpha value is -1.59. The van der Waals surface area contributed by atoms with Crippen molar-refractivity contribution >= 4 is 36.6 Å². The molecule has 164 valence electrons. The second-order valence-corrected chi connectivity index (χ2v) is 7.94. The van der Waals surface area contributed by atoms with E-state index in [1.165, 1.54) is 21.1 Å². The minimum atomic E-state index is -0.443. The van der Waals surface area contributed by atoms with Crippen molar-refractivity contribution in [2.75, 3.05) is 0 Å². The summed E-state index contributed by atoms with van der Waals surface area (Å²) in [5.74, 6) is -0.443. The van der Waals surface area contributed by atoms with Crippen molar-refractivity contribution in [3.8, 4) is 0 Å². The van der Waals surface area contributed by atoms with Gasteiger partial charge in [-0.15, -0.1) is 29.7 Å². The Balaban J connectivity index is 0. The van der Waals surface area contributed by atoms with Crippen LogP contribution in [-0.4, -0.2) is 15.4 Å². The van der Waals surface area contributed by atoms with Crippen LogP contribution < -0.4 is 35.2 Å². The van der Waals surface area contributed by atoms with Crippen LogP contribution in [0.25, 0.3) is 16.5 Å². The second-order valence-electron chi connectivity index (χ2n) is 6.54. The predicted octanol–water partition coefficient (Wildman–Crippen LogP) is -0.339. The molecule has 0 aliphatic rings. The van der Waals surface area contributed by atoms with Gasteiger partial charge in [0.2, 0.25) is 0 Å². The number of rotatable bonds is 5. The molecule has 2 radical (unpaired) electrons. The molecule has 4 aromatic carbocycles. The fourth-order valence-corrected chi connectivity index (χ4v) is 3.67. The number of halogens is 2. The fourth-order valence-electron chi connectivity index (χ4n) is 2.62. The Labute approximate surface area is 225 Å². The molecule has 32 heavy (non-hydrogen) atoms. The maximum Gasteiger partial charge on any atom is 4.00 e. The van der Waals surface area contributed by atoms with Crippen molar-refractivity contribution in [3.05, 3.63) is 109 Å². The van der Waals surface area contributed by atoms with Crippen molar-refractivity contribution in [1.29, 1.82) is 0 Å². The van der Waals surface area contributed by atoms with Gasteiger partial charge >= 0.3 is 25.8 Å². The third-order valence-corrected chi connectivity index (χ3v) is 5.39. The maximum absolute atomic E-state index is 9.87. The van der Waals surface area contributed by atoms with E-state index >= 15 is 0 Å². The Morgan fingerprint density at radius 3 is 1.75 bits per heavy atom. The van der Waals surface area contributed by atoms with Crippen molar-refractivity contribution in [2.24, 2.45) is 0 Å². The van der Waals surface area contributed by atoms with E-state index in [9.17, 15) is 4.79 Å². The molecule has 0 saturated carbocycles. The zero-order valence-corrected chi connectivity index (χ0v) is 24.2. The number of hydrogen-bond acceptors (Lipinski definition) is 1. The van der Waals surface area contributed by atoms with Crippen LogP contribution in [-0.2, 0) is 30.6 Å². The third-order valence-electron chi connectivity index (χ3n) is 4.14. The van der Waals surface area contributed by atoms with E-state index in [1.54, 1.807) is 0 Å². The summed E-state index contributed by atoms with van der Waals surface area (Å²) in [5, 5.41) is 5.46. The molecule has 1 N–H and O–H groups in total. The first-order valence-electron chi connectivity index (χ1n) is 9.91. The van der Waals surface area contributed by atoms with Gasteiger partial charge in [0, 0.05) is 5.91 Å². The normalized spacial score (nSPS) is 8.78. The fraction of sp³-hybridized carbons (Fsp3) is 0.154. The number of amides is 1. The Kier molecular flexibility index (Phi) is 20.4. The van der Waals surface area contributed by atoms with Gasteiger partial charge in [0.25, 0.3) is 0 Å². The molecule has 4 rings (SSSR count). The minimum Gasteiger partial charge on any atom is -1.00 e. The van der Waals surface area contributed by atoms with Crippen LogP contribution in [0.2, 0.25) is 0 Å². The van der Waals surface area contributed by atoms with E-state index in [0.717, 1.165) is 22.4 Å². The Morgan fingerprint density at radius 1 is 0.812 bits per heavy atom. The molecule has 1 amide bonds. The zero-order valence-electron chi connectivity index (χ0n) is 18.1. The molecule has 2 nitrogen and oxygen atoms in total. The van der Waals surface area contributed by atoms with Gasteiger partial charge < -0.3 is 35.3 Å². The molecular weight excluding hydrogens is 620 g/mol. The SMILES string of the molecule is CCCCC([NH-])=O.[Cl-].[Cl-].[Hf+4].c1ccc([Si]c2ccccc2)cc1.c1ccc2[cH-]ccc2c1. The van der Waals surface area contributed by atoms with Gasteiger partial charge in [0.05, 0.1) is 0 Å². The first kappa shape index (κ1) is 32.6. The van der Waals surface area contributed by atoms with Gasteiger partial charge in [-0.3, -0.25) is 0 Å². The molecule has 0 spiro atoms. The molecule has 0 aliphatic heterocycles. The molecule has 0 fully saturated rings. The molecule has 6 heteroatoms. The number of unbranched alkanes of at least 4 members (excludes halogenated alkanes) is 1. The minimum absolute atomic E-state index is 0. The second kappa shape index (κ2) is 20.0. The number of fused-ring (bicyclic) bond motifs is 1. The summed E-state index contributed by atoms with van der Waals surface area (Å²) >= 11 is 0. The standard InChI is InChI=1S/C12H10Si.C9H7.C5H11NO.2ClH.Hf/c1-3-7-11(8-4-1)13-12-9-5-2-6-10-12;1-2-5-9-7-3-6-8(9)4-1;1-2-3-4-5(6)7;;;/h1-10H;1-7H;2-4H2,1H3,(H2,6,7);2*1H;/q;-1;;;;+4/p-3. The quantitative estimate of drug-likeness (QED) is 0.216. The van der Waals surface area contributed by atoms with Gasteiger partial charge in [-0.25, -0.2) is 0 Å². The summed E-state index contributed by atoms with van der Waals surface area (Å²) in [4.78, 5) is 9.87. The van der Waals surface area contributed by atoms with Crippen LogP contribution in [0, 0.1) is 0 Å². The van der Waals surface area contributed by atoms with Crippen molar-refractivity contribution in [2.45, 2.75) is 26.2 Å². The van der Waals surface area contributed by atoms with Crippen molar-refractivity contribution in [3.63, 3.8) is 0 Å². The van der Waals surface area contributed by atoms with Crippen LogP contribution >= 0.6 is 0 Å². The van der Waals surface area contributed by atoms with Crippen molar-refractivity contribution < 1.29 is 55.5 Å². The van der Waals surface area contributed by atoms with Crippen LogP contribution in [0.5, 0.6) is 0 Å². The predicted molar refractivity (Wildman–Crippen MR) is 126 cm³/mol. The number of benzene rings is 3. The maximum atomic E-state index is 9.87. The van der Waals surface area contributed by atoms with E-state index in [4.69, 9.17) is 5.73 Å². The van der Waals surface area contributed by atoms with Gasteiger partial charge in [0.1, 0.15) is 9.52 Å². The largest absolute Gasteiger partial charge is 4.00 e. The number of carbonyl (C=O) groups excluding carboxylic acids is 1. The average Bonchev–Trinajstić information content (AvgIpc) is 3.24. The first-order chi connectivity index (χ1) is 14.2. The summed E-state index contributed by atoms with van der Waals surface area (Å²) < 4.78 is 0. The van der Waals surface area contributed by atoms with E-state index in [0.29, 0.717) is 6.42 Å². The molecule has 4 aromatic rings. The van der Waals surface area contributed by atoms with E-state index < -0.39 is 5.91 Å². The Bertz CT molecular complexity index is 897. The van der Waals surface area contributed by atoms with Crippen LogP contribution in [0.3, 0.4) is 0 Å². The summed E-state index contributed by atoms with van der Waals surface area (Å²) in [6.45, 7) is 2.00. The van der Waals surface area contributed by atoms with Gasteiger partial charge in [-0.05, 0) is 12.8 Å². The number of hydrogen-bond donors (Lipinski definition) is 0. The summed E-state index contributed by atoms with van der Waals surface area (Å²) in [5.41, 5.74) is 6.44.